The van der Waals surface area contributed by atoms with E-state index in [4.69, 9.17) is 16.3 Å². The lowest BCUT2D eigenvalue weighted by atomic mass is 10.1. The summed E-state index contributed by atoms with van der Waals surface area (Å²) in [5, 5.41) is 5.13. The van der Waals surface area contributed by atoms with Crippen LogP contribution in [0.2, 0.25) is 5.02 Å². The van der Waals surface area contributed by atoms with Gasteiger partial charge in [-0.1, -0.05) is 54.9 Å². The smallest absolute Gasteiger partial charge is 0.321 e. The highest BCUT2D eigenvalue weighted by Crippen LogP contribution is 2.30. The Kier molecular flexibility index (Phi) is 6.63. The predicted octanol–water partition coefficient (Wildman–Crippen LogP) is 3.62. The van der Waals surface area contributed by atoms with E-state index in [2.05, 4.69) is 10.6 Å². The van der Waals surface area contributed by atoms with Gasteiger partial charge in [-0.25, -0.2) is 4.79 Å². The highest BCUT2D eigenvalue weighted by molar-refractivity contribution is 6.32. The molecule has 2 rings (SSSR count). The molecule has 0 unspecified atom stereocenters. The second-order valence-corrected chi connectivity index (χ2v) is 5.51. The molecule has 3 amide bonds. The van der Waals surface area contributed by atoms with Gasteiger partial charge in [-0.05, 0) is 29.7 Å². The topological polar surface area (TPSA) is 67.4 Å². The number of imide groups is 1. The second-order valence-electron chi connectivity index (χ2n) is 5.10. The first-order valence-corrected chi connectivity index (χ1v) is 8.03. The van der Waals surface area contributed by atoms with Crippen molar-refractivity contribution < 1.29 is 14.3 Å². The lowest BCUT2D eigenvalue weighted by Crippen LogP contribution is -2.41. The van der Waals surface area contributed by atoms with Gasteiger partial charge in [-0.15, -0.1) is 0 Å². The van der Waals surface area contributed by atoms with Crippen LogP contribution in [-0.4, -0.2) is 25.1 Å². The fourth-order valence-corrected chi connectivity index (χ4v) is 2.25. The zero-order valence-corrected chi connectivity index (χ0v) is 14.1. The second kappa shape index (κ2) is 8.93. The number of carbonyl (C=O) groups excluding carboxylic acids is 2. The molecule has 5 nitrogen and oxygen atoms in total. The molecule has 0 aliphatic carbocycles. The van der Waals surface area contributed by atoms with E-state index in [1.807, 2.05) is 43.3 Å². The Morgan fingerprint density at radius 2 is 1.83 bits per heavy atom. The van der Waals surface area contributed by atoms with Crippen molar-refractivity contribution in [2.75, 3.05) is 13.2 Å². The maximum absolute atomic E-state index is 11.6. The molecule has 0 aliphatic heterocycles. The molecule has 0 aliphatic rings. The van der Waals surface area contributed by atoms with Crippen LogP contribution < -0.4 is 15.4 Å². The Hall–Kier alpha value is -2.53. The van der Waals surface area contributed by atoms with E-state index in [-0.39, 0.29) is 6.61 Å². The number of benzene rings is 2. The Morgan fingerprint density at radius 3 is 2.50 bits per heavy atom. The standard InChI is InChI=1S/C18H19ClN2O3/c1-2-10-20-18(23)21-17(22)12-24-16-9-8-14(11-15(16)19)13-6-4-3-5-7-13/h3-9,11H,2,10,12H2,1H3,(H2,20,21,22,23). The third-order valence-corrected chi connectivity index (χ3v) is 3.48. The first kappa shape index (κ1) is 17.8. The normalized spacial score (nSPS) is 10.1. The van der Waals surface area contributed by atoms with E-state index in [9.17, 15) is 9.59 Å². The zero-order valence-electron chi connectivity index (χ0n) is 13.3. The quantitative estimate of drug-likeness (QED) is 0.839. The van der Waals surface area contributed by atoms with Gasteiger partial charge in [0.15, 0.2) is 6.61 Å². The number of rotatable bonds is 6. The number of hydrogen-bond donors (Lipinski definition) is 2. The van der Waals surface area contributed by atoms with Gasteiger partial charge >= 0.3 is 6.03 Å². The van der Waals surface area contributed by atoms with Crippen LogP contribution in [0.4, 0.5) is 4.79 Å². The molecule has 0 aromatic heterocycles. The van der Waals surface area contributed by atoms with Crippen LogP contribution in [0.5, 0.6) is 5.75 Å². The summed E-state index contributed by atoms with van der Waals surface area (Å²) in [5.74, 6) is -0.146. The van der Waals surface area contributed by atoms with E-state index >= 15 is 0 Å². The van der Waals surface area contributed by atoms with Crippen molar-refractivity contribution in [3.63, 3.8) is 0 Å². The van der Waals surface area contributed by atoms with Crippen molar-refractivity contribution >= 4 is 23.5 Å². The van der Waals surface area contributed by atoms with Gasteiger partial charge in [-0.3, -0.25) is 10.1 Å². The molecule has 0 radical (unpaired) electrons. The Morgan fingerprint density at radius 1 is 1.08 bits per heavy atom. The monoisotopic (exact) mass is 346 g/mol. The van der Waals surface area contributed by atoms with Gasteiger partial charge in [-0.2, -0.15) is 0 Å². The minimum Gasteiger partial charge on any atom is -0.482 e. The molecule has 2 aromatic carbocycles. The van der Waals surface area contributed by atoms with Crippen LogP contribution in [0.1, 0.15) is 13.3 Å². The van der Waals surface area contributed by atoms with Crippen LogP contribution >= 0.6 is 11.6 Å². The number of amides is 3. The van der Waals surface area contributed by atoms with Gasteiger partial charge < -0.3 is 10.1 Å². The summed E-state index contributed by atoms with van der Waals surface area (Å²) >= 11 is 6.20. The molecule has 0 bridgehead atoms. The van der Waals surface area contributed by atoms with E-state index in [1.165, 1.54) is 0 Å². The largest absolute Gasteiger partial charge is 0.482 e. The number of halogens is 1. The number of urea groups is 1. The van der Waals surface area contributed by atoms with Crippen LogP contribution in [-0.2, 0) is 4.79 Å². The summed E-state index contributed by atoms with van der Waals surface area (Å²) in [6.07, 6.45) is 0.793. The average Bonchev–Trinajstić information content (AvgIpc) is 2.59. The SMILES string of the molecule is CCCNC(=O)NC(=O)COc1ccc(-c2ccccc2)cc1Cl. The van der Waals surface area contributed by atoms with Crippen LogP contribution in [0.25, 0.3) is 11.1 Å². The van der Waals surface area contributed by atoms with Crippen molar-refractivity contribution in [3.05, 3.63) is 53.6 Å². The highest BCUT2D eigenvalue weighted by atomic mass is 35.5. The maximum Gasteiger partial charge on any atom is 0.321 e. The summed E-state index contributed by atoms with van der Waals surface area (Å²) in [4.78, 5) is 23.0. The van der Waals surface area contributed by atoms with Crippen LogP contribution in [0.3, 0.4) is 0 Å². The minimum atomic E-state index is -0.535. The fraction of sp³-hybridized carbons (Fsp3) is 0.222. The molecule has 0 atom stereocenters. The molecule has 2 aromatic rings. The number of nitrogens with one attached hydrogen (secondary N) is 2. The van der Waals surface area contributed by atoms with Crippen molar-refractivity contribution in [3.8, 4) is 16.9 Å². The van der Waals surface area contributed by atoms with E-state index in [0.717, 1.165) is 17.5 Å². The minimum absolute atomic E-state index is 0.288. The Balaban J connectivity index is 1.91. The van der Waals surface area contributed by atoms with Crippen LogP contribution in [0, 0.1) is 0 Å². The zero-order chi connectivity index (χ0) is 17.4. The van der Waals surface area contributed by atoms with Gasteiger partial charge in [0, 0.05) is 6.54 Å². The summed E-state index contributed by atoms with van der Waals surface area (Å²) < 4.78 is 5.37. The molecule has 6 heteroatoms. The van der Waals surface area contributed by atoms with Crippen molar-refractivity contribution in [2.45, 2.75) is 13.3 Å². The number of carbonyl (C=O) groups is 2. The fourth-order valence-electron chi connectivity index (χ4n) is 2.02. The molecule has 0 saturated heterocycles. The molecular weight excluding hydrogens is 328 g/mol. The van der Waals surface area contributed by atoms with Gasteiger partial charge in [0.1, 0.15) is 5.75 Å². The van der Waals surface area contributed by atoms with Crippen molar-refractivity contribution in [1.82, 2.24) is 10.6 Å². The third-order valence-electron chi connectivity index (χ3n) is 3.19. The molecule has 0 saturated carbocycles. The van der Waals surface area contributed by atoms with Gasteiger partial charge in [0.05, 0.1) is 5.02 Å². The molecular formula is C18H19ClN2O3. The van der Waals surface area contributed by atoms with E-state index in [0.29, 0.717) is 17.3 Å². The molecule has 0 fully saturated rings. The summed E-state index contributed by atoms with van der Waals surface area (Å²) in [6, 6.07) is 14.6. The third kappa shape index (κ3) is 5.28. The lowest BCUT2D eigenvalue weighted by Gasteiger charge is -2.10. The first-order chi connectivity index (χ1) is 11.6. The number of hydrogen-bond acceptors (Lipinski definition) is 3. The van der Waals surface area contributed by atoms with Gasteiger partial charge in [0.2, 0.25) is 0 Å². The van der Waals surface area contributed by atoms with E-state index < -0.39 is 11.9 Å². The summed E-state index contributed by atoms with van der Waals surface area (Å²) in [6.45, 7) is 2.14. The lowest BCUT2D eigenvalue weighted by molar-refractivity contribution is -0.122. The molecule has 0 heterocycles. The summed E-state index contributed by atoms with van der Waals surface area (Å²) in [7, 11) is 0. The molecule has 24 heavy (non-hydrogen) atoms. The molecule has 2 N–H and O–H groups in total. The molecule has 126 valence electrons. The predicted molar refractivity (Wildman–Crippen MR) is 94.2 cm³/mol. The van der Waals surface area contributed by atoms with E-state index in [1.54, 1.807) is 12.1 Å². The highest BCUT2D eigenvalue weighted by Gasteiger charge is 2.10. The maximum atomic E-state index is 11.6. The first-order valence-electron chi connectivity index (χ1n) is 7.65. The summed E-state index contributed by atoms with van der Waals surface area (Å²) in [5.41, 5.74) is 1.99. The van der Waals surface area contributed by atoms with Crippen molar-refractivity contribution in [1.29, 1.82) is 0 Å². The average molecular weight is 347 g/mol. The Bertz CT molecular complexity index is 705. The van der Waals surface area contributed by atoms with Gasteiger partial charge in [0.25, 0.3) is 5.91 Å². The van der Waals surface area contributed by atoms with Crippen molar-refractivity contribution in [2.24, 2.45) is 0 Å². The number of ether oxygens (including phenoxy) is 1. The Labute approximate surface area is 146 Å². The van der Waals surface area contributed by atoms with Crippen LogP contribution in [0.15, 0.2) is 48.5 Å². The molecule has 0 spiro atoms.